The Kier molecular flexibility index (Phi) is 4.28. The van der Waals surface area contributed by atoms with Crippen LogP contribution in [0.25, 0.3) is 10.8 Å². The van der Waals surface area contributed by atoms with Gasteiger partial charge in [-0.05, 0) is 29.7 Å². The van der Waals surface area contributed by atoms with E-state index in [9.17, 15) is 4.79 Å². The molecule has 0 saturated carbocycles. The van der Waals surface area contributed by atoms with E-state index in [-0.39, 0.29) is 0 Å². The molecule has 1 aromatic heterocycles. The summed E-state index contributed by atoms with van der Waals surface area (Å²) in [5.41, 5.74) is 3.98. The van der Waals surface area contributed by atoms with Crippen LogP contribution in [-0.4, -0.2) is 39.9 Å². The van der Waals surface area contributed by atoms with Crippen LogP contribution in [-0.2, 0) is 17.7 Å². The van der Waals surface area contributed by atoms with E-state index >= 15 is 0 Å². The summed E-state index contributed by atoms with van der Waals surface area (Å²) in [6, 6.07) is 16.9. The number of aromatic nitrogens is 1. The van der Waals surface area contributed by atoms with Crippen LogP contribution in [0.1, 0.15) is 21.6 Å². The van der Waals surface area contributed by atoms with Gasteiger partial charge in [0.1, 0.15) is 5.69 Å². The zero-order chi connectivity index (χ0) is 19.1. The summed E-state index contributed by atoms with van der Waals surface area (Å²) in [6.45, 7) is 0.895. The Morgan fingerprint density at radius 3 is 2.93 bits per heavy atom. The molecule has 1 fully saturated rings. The number of rotatable bonds is 2. The average Bonchev–Trinajstić information content (AvgIpc) is 3.13. The fourth-order valence-corrected chi connectivity index (χ4v) is 5.06. The number of fused-ring (bicyclic) bond motifs is 3. The number of esters is 1. The normalized spacial score (nSPS) is 19.5. The SMILES string of the molecule is COC(=O)c1cc2c(N=C3SCC4Cc5ccccc5CN34)cccc2cn1. The molecule has 0 bridgehead atoms. The number of pyridine rings is 1. The van der Waals surface area contributed by atoms with Crippen LogP contribution in [0.2, 0.25) is 0 Å². The molecule has 140 valence electrons. The molecule has 5 rings (SSSR count). The second-order valence-corrected chi connectivity index (χ2v) is 8.01. The minimum Gasteiger partial charge on any atom is -0.464 e. The van der Waals surface area contributed by atoms with Gasteiger partial charge >= 0.3 is 5.97 Å². The van der Waals surface area contributed by atoms with Crippen LogP contribution >= 0.6 is 11.8 Å². The van der Waals surface area contributed by atoms with Crippen molar-refractivity contribution in [3.8, 4) is 0 Å². The summed E-state index contributed by atoms with van der Waals surface area (Å²) in [7, 11) is 1.36. The van der Waals surface area contributed by atoms with Gasteiger partial charge in [0.15, 0.2) is 5.17 Å². The number of hydrogen-bond donors (Lipinski definition) is 0. The molecule has 6 heteroatoms. The zero-order valence-electron chi connectivity index (χ0n) is 15.5. The maximum absolute atomic E-state index is 11.9. The first kappa shape index (κ1) is 17.3. The fourth-order valence-electron chi connectivity index (χ4n) is 3.88. The Hall–Kier alpha value is -2.86. The molecule has 28 heavy (non-hydrogen) atoms. The molecule has 0 radical (unpaired) electrons. The van der Waals surface area contributed by atoms with Crippen LogP contribution < -0.4 is 0 Å². The highest BCUT2D eigenvalue weighted by Crippen LogP contribution is 2.36. The van der Waals surface area contributed by atoms with Crippen LogP contribution in [0, 0.1) is 0 Å². The van der Waals surface area contributed by atoms with Gasteiger partial charge in [-0.2, -0.15) is 0 Å². The zero-order valence-corrected chi connectivity index (χ0v) is 16.3. The largest absolute Gasteiger partial charge is 0.464 e. The van der Waals surface area contributed by atoms with Crippen LogP contribution in [0.15, 0.2) is 59.7 Å². The molecule has 0 amide bonds. The molecule has 2 aliphatic rings. The number of carbonyl (C=O) groups excluding carboxylic acids is 1. The smallest absolute Gasteiger partial charge is 0.356 e. The van der Waals surface area contributed by atoms with Crippen molar-refractivity contribution < 1.29 is 9.53 Å². The molecule has 1 atom stereocenters. The highest BCUT2D eigenvalue weighted by Gasteiger charge is 2.34. The molecule has 0 aliphatic carbocycles. The molecular formula is C22H19N3O2S. The Balaban J connectivity index is 1.54. The monoisotopic (exact) mass is 389 g/mol. The van der Waals surface area contributed by atoms with Crippen LogP contribution in [0.3, 0.4) is 0 Å². The van der Waals surface area contributed by atoms with Crippen LogP contribution in [0.4, 0.5) is 5.69 Å². The van der Waals surface area contributed by atoms with Crippen molar-refractivity contribution in [1.29, 1.82) is 0 Å². The van der Waals surface area contributed by atoms with Crippen molar-refractivity contribution in [3.05, 3.63) is 71.5 Å². The Bertz CT molecular complexity index is 1110. The van der Waals surface area contributed by atoms with Gasteiger partial charge in [0.25, 0.3) is 0 Å². The van der Waals surface area contributed by atoms with E-state index in [2.05, 4.69) is 34.1 Å². The van der Waals surface area contributed by atoms with E-state index < -0.39 is 5.97 Å². The number of nitrogens with zero attached hydrogens (tertiary/aromatic N) is 3. The maximum Gasteiger partial charge on any atom is 0.356 e. The van der Waals surface area contributed by atoms with Gasteiger partial charge < -0.3 is 9.64 Å². The number of benzene rings is 2. The number of carbonyl (C=O) groups is 1. The van der Waals surface area contributed by atoms with Gasteiger partial charge in [-0.3, -0.25) is 0 Å². The molecule has 3 heterocycles. The van der Waals surface area contributed by atoms with E-state index in [4.69, 9.17) is 9.73 Å². The van der Waals surface area contributed by atoms with Gasteiger partial charge in [0.05, 0.1) is 12.8 Å². The summed E-state index contributed by atoms with van der Waals surface area (Å²) in [4.78, 5) is 23.5. The lowest BCUT2D eigenvalue weighted by atomic mass is 9.95. The lowest BCUT2D eigenvalue weighted by Crippen LogP contribution is -2.38. The van der Waals surface area contributed by atoms with Crippen molar-refractivity contribution in [2.45, 2.75) is 19.0 Å². The summed E-state index contributed by atoms with van der Waals surface area (Å²) in [5.74, 6) is 0.611. The van der Waals surface area contributed by atoms with E-state index in [0.29, 0.717) is 11.7 Å². The van der Waals surface area contributed by atoms with Gasteiger partial charge in [0, 0.05) is 35.3 Å². The fraction of sp³-hybridized carbons (Fsp3) is 0.227. The molecule has 0 N–H and O–H groups in total. The lowest BCUT2D eigenvalue weighted by molar-refractivity contribution is 0.0594. The van der Waals surface area contributed by atoms with Crippen molar-refractivity contribution in [2.24, 2.45) is 4.99 Å². The molecule has 1 saturated heterocycles. The maximum atomic E-state index is 11.9. The Morgan fingerprint density at radius 1 is 1.21 bits per heavy atom. The predicted molar refractivity (Wildman–Crippen MR) is 112 cm³/mol. The third-order valence-corrected chi connectivity index (χ3v) is 6.49. The number of aliphatic imine (C=N–C) groups is 1. The second-order valence-electron chi connectivity index (χ2n) is 7.02. The quantitative estimate of drug-likeness (QED) is 0.616. The highest BCUT2D eigenvalue weighted by atomic mass is 32.2. The number of amidine groups is 1. The van der Waals surface area contributed by atoms with Crippen molar-refractivity contribution in [3.63, 3.8) is 0 Å². The molecule has 5 nitrogen and oxygen atoms in total. The third-order valence-electron chi connectivity index (χ3n) is 5.36. The second kappa shape index (κ2) is 6.95. The molecule has 3 aromatic rings. The summed E-state index contributed by atoms with van der Waals surface area (Å²) < 4.78 is 4.81. The van der Waals surface area contributed by atoms with Gasteiger partial charge in [0.2, 0.25) is 0 Å². The number of ether oxygens (including phenoxy) is 1. The van der Waals surface area contributed by atoms with Crippen molar-refractivity contribution in [2.75, 3.05) is 12.9 Å². The van der Waals surface area contributed by atoms with E-state index in [1.807, 2.05) is 18.2 Å². The van der Waals surface area contributed by atoms with Gasteiger partial charge in [-0.15, -0.1) is 0 Å². The minimum atomic E-state index is -0.438. The third kappa shape index (κ3) is 2.94. The first-order valence-corrected chi connectivity index (χ1v) is 10.2. The van der Waals surface area contributed by atoms with E-state index in [0.717, 1.165) is 40.3 Å². The topological polar surface area (TPSA) is 54.8 Å². The molecular weight excluding hydrogens is 370 g/mol. The number of hydrogen-bond acceptors (Lipinski definition) is 5. The van der Waals surface area contributed by atoms with Crippen molar-refractivity contribution in [1.82, 2.24) is 9.88 Å². The molecule has 2 aliphatic heterocycles. The van der Waals surface area contributed by atoms with E-state index in [1.54, 1.807) is 24.0 Å². The first-order valence-electron chi connectivity index (χ1n) is 9.25. The Morgan fingerprint density at radius 2 is 2.07 bits per heavy atom. The lowest BCUT2D eigenvalue weighted by Gasteiger charge is -2.32. The van der Waals surface area contributed by atoms with Crippen LogP contribution in [0.5, 0.6) is 0 Å². The molecule has 2 aromatic carbocycles. The van der Waals surface area contributed by atoms with Gasteiger partial charge in [-0.25, -0.2) is 14.8 Å². The highest BCUT2D eigenvalue weighted by molar-refractivity contribution is 8.14. The Labute approximate surface area is 167 Å². The molecule has 0 spiro atoms. The summed E-state index contributed by atoms with van der Waals surface area (Å²) in [6.07, 6.45) is 2.77. The van der Waals surface area contributed by atoms with Gasteiger partial charge in [-0.1, -0.05) is 48.2 Å². The summed E-state index contributed by atoms with van der Waals surface area (Å²) in [5, 5.41) is 2.91. The first-order chi connectivity index (χ1) is 13.7. The standard InChI is InChI=1S/C22H19N3O2S/c1-27-21(26)20-10-18-15(11-23-20)7-4-8-19(18)24-22-25-12-16-6-3-2-5-14(16)9-17(25)13-28-22/h2-8,10-11,17H,9,12-13H2,1H3. The van der Waals surface area contributed by atoms with E-state index in [1.165, 1.54) is 18.2 Å². The molecule has 1 unspecified atom stereocenters. The minimum absolute atomic E-state index is 0.298. The average molecular weight is 389 g/mol. The van der Waals surface area contributed by atoms with Crippen molar-refractivity contribution >= 4 is 39.4 Å². The predicted octanol–water partition coefficient (Wildman–Crippen LogP) is 4.18. The number of methoxy groups -OCH3 is 1. The summed E-state index contributed by atoms with van der Waals surface area (Å²) >= 11 is 1.81. The number of thioether (sulfide) groups is 1.